The number of nitrogens with zero attached hydrogens (tertiary/aromatic N) is 5. The highest BCUT2D eigenvalue weighted by molar-refractivity contribution is 7.21. The predicted octanol–water partition coefficient (Wildman–Crippen LogP) is 3.40. The van der Waals surface area contributed by atoms with Gasteiger partial charge in [0.2, 0.25) is 0 Å². The van der Waals surface area contributed by atoms with Crippen molar-refractivity contribution >= 4 is 32.6 Å². The molecule has 4 heterocycles. The Labute approximate surface area is 197 Å². The van der Waals surface area contributed by atoms with E-state index in [4.69, 9.17) is 0 Å². The van der Waals surface area contributed by atoms with Gasteiger partial charge in [0, 0.05) is 26.1 Å². The Kier molecular flexibility index (Phi) is 6.15. The summed E-state index contributed by atoms with van der Waals surface area (Å²) in [5.41, 5.74) is 0.999. The average Bonchev–Trinajstić information content (AvgIpc) is 3.44. The van der Waals surface area contributed by atoms with Crippen molar-refractivity contribution in [1.82, 2.24) is 19.4 Å². The molecule has 0 radical (unpaired) electrons. The molecule has 1 aromatic carbocycles. The molecule has 7 nitrogen and oxygen atoms in total. The third-order valence-corrected chi connectivity index (χ3v) is 7.36. The van der Waals surface area contributed by atoms with Crippen LogP contribution in [0.15, 0.2) is 35.1 Å². The first kappa shape index (κ1) is 23.0. The number of rotatable bonds is 6. The standard InChI is InChI=1S/C23H24F3N5O2S/c24-23(25,26)14-29-11-12-31-18(13-29)27-20-19(21(31)33)28-22(34-20)30-10-4-7-16(30)17(32)9-8-15-5-2-1-3-6-15/h1-3,5-6,16H,4,7-14H2/t16-/m1/s1. The number of aryl methyl sites for hydroxylation is 1. The fourth-order valence-electron chi connectivity index (χ4n) is 4.73. The summed E-state index contributed by atoms with van der Waals surface area (Å²) in [7, 11) is 0. The van der Waals surface area contributed by atoms with E-state index in [0.717, 1.165) is 18.4 Å². The van der Waals surface area contributed by atoms with Crippen LogP contribution in [0.25, 0.3) is 10.3 Å². The number of carbonyl (C=O) groups is 1. The third kappa shape index (κ3) is 4.72. The van der Waals surface area contributed by atoms with Gasteiger partial charge in [-0.15, -0.1) is 0 Å². The van der Waals surface area contributed by atoms with Crippen molar-refractivity contribution < 1.29 is 18.0 Å². The van der Waals surface area contributed by atoms with Gasteiger partial charge in [0.15, 0.2) is 21.3 Å². The first-order valence-electron chi connectivity index (χ1n) is 11.3. The first-order chi connectivity index (χ1) is 16.3. The van der Waals surface area contributed by atoms with Crippen molar-refractivity contribution in [3.63, 3.8) is 0 Å². The van der Waals surface area contributed by atoms with Crippen LogP contribution in [-0.4, -0.2) is 57.1 Å². The molecule has 11 heteroatoms. The van der Waals surface area contributed by atoms with E-state index in [2.05, 4.69) is 9.97 Å². The number of ketones is 1. The molecule has 0 N–H and O–H groups in total. The fourth-order valence-corrected chi connectivity index (χ4v) is 5.76. The number of Topliss-reactive ketones (excluding diaryl/α,β-unsaturated/α-hetero) is 1. The quantitative estimate of drug-likeness (QED) is 0.527. The molecule has 34 heavy (non-hydrogen) atoms. The van der Waals surface area contributed by atoms with Gasteiger partial charge in [-0.05, 0) is 24.8 Å². The fraction of sp³-hybridized carbons (Fsp3) is 0.478. The molecule has 5 rings (SSSR count). The Morgan fingerprint density at radius 2 is 1.91 bits per heavy atom. The smallest absolute Gasteiger partial charge is 0.338 e. The summed E-state index contributed by atoms with van der Waals surface area (Å²) in [6.07, 6.45) is -1.61. The van der Waals surface area contributed by atoms with Crippen molar-refractivity contribution in [3.05, 3.63) is 52.1 Å². The lowest BCUT2D eigenvalue weighted by molar-refractivity contribution is -0.149. The van der Waals surface area contributed by atoms with Crippen LogP contribution in [0.2, 0.25) is 0 Å². The SMILES string of the molecule is O=C(CCc1ccccc1)[C@H]1CCCN1c1nc2c(=O)n3c(nc2s1)CN(CC(F)(F)F)CC3. The van der Waals surface area contributed by atoms with E-state index in [1.54, 1.807) is 0 Å². The van der Waals surface area contributed by atoms with Crippen LogP contribution in [-0.2, 0) is 24.3 Å². The van der Waals surface area contributed by atoms with E-state index in [0.29, 0.717) is 35.2 Å². The van der Waals surface area contributed by atoms with Gasteiger partial charge in [0.25, 0.3) is 5.56 Å². The highest BCUT2D eigenvalue weighted by Crippen LogP contribution is 2.33. The summed E-state index contributed by atoms with van der Waals surface area (Å²) in [4.78, 5) is 38.6. The minimum atomic E-state index is -4.30. The zero-order valence-corrected chi connectivity index (χ0v) is 19.2. The molecule has 0 bridgehead atoms. The highest BCUT2D eigenvalue weighted by Gasteiger charge is 2.35. The number of alkyl halides is 3. The lowest BCUT2D eigenvalue weighted by Gasteiger charge is -2.29. The van der Waals surface area contributed by atoms with Gasteiger partial charge in [0.05, 0.1) is 19.1 Å². The second-order valence-electron chi connectivity index (χ2n) is 8.76. The normalized spacial score (nSPS) is 19.0. The van der Waals surface area contributed by atoms with Gasteiger partial charge in [-0.25, -0.2) is 9.97 Å². The van der Waals surface area contributed by atoms with Crippen LogP contribution in [0.5, 0.6) is 0 Å². The molecule has 0 spiro atoms. The van der Waals surface area contributed by atoms with Crippen LogP contribution in [0.1, 0.15) is 30.7 Å². The summed E-state index contributed by atoms with van der Waals surface area (Å²) < 4.78 is 39.8. The first-order valence-corrected chi connectivity index (χ1v) is 12.1. The Balaban J connectivity index is 1.36. The molecule has 2 aliphatic heterocycles. The van der Waals surface area contributed by atoms with Crippen LogP contribution < -0.4 is 10.5 Å². The van der Waals surface area contributed by atoms with Crippen LogP contribution in [0.3, 0.4) is 0 Å². The summed E-state index contributed by atoms with van der Waals surface area (Å²) in [5.74, 6) is 0.465. The molecule has 0 saturated carbocycles. The van der Waals surface area contributed by atoms with E-state index < -0.39 is 12.7 Å². The van der Waals surface area contributed by atoms with Crippen molar-refractivity contribution in [1.29, 1.82) is 0 Å². The number of hydrogen-bond acceptors (Lipinski definition) is 7. The molecule has 1 atom stereocenters. The van der Waals surface area contributed by atoms with E-state index in [9.17, 15) is 22.8 Å². The van der Waals surface area contributed by atoms with Crippen LogP contribution >= 0.6 is 11.3 Å². The number of benzene rings is 1. The van der Waals surface area contributed by atoms with Crippen molar-refractivity contribution in [2.24, 2.45) is 0 Å². The molecule has 3 aromatic rings. The number of halogens is 3. The Hall–Kier alpha value is -2.79. The molecule has 180 valence electrons. The second-order valence-corrected chi connectivity index (χ2v) is 9.72. The summed E-state index contributed by atoms with van der Waals surface area (Å²) >= 11 is 1.23. The maximum atomic E-state index is 13.0. The molecular formula is C23H24F3N5O2S. The lowest BCUT2D eigenvalue weighted by atomic mass is 10.0. The molecule has 0 amide bonds. The molecular weight excluding hydrogens is 467 g/mol. The summed E-state index contributed by atoms with van der Waals surface area (Å²) in [6.45, 7) is -0.134. The number of anilines is 1. The summed E-state index contributed by atoms with van der Waals surface area (Å²) in [5, 5.41) is 0.574. The average molecular weight is 492 g/mol. The molecule has 1 saturated heterocycles. The zero-order valence-electron chi connectivity index (χ0n) is 18.4. The molecule has 0 aliphatic carbocycles. The predicted molar refractivity (Wildman–Crippen MR) is 123 cm³/mol. The molecule has 1 fully saturated rings. The Morgan fingerprint density at radius 3 is 2.68 bits per heavy atom. The molecule has 2 aromatic heterocycles. The number of aromatic nitrogens is 3. The number of fused-ring (bicyclic) bond motifs is 2. The summed E-state index contributed by atoms with van der Waals surface area (Å²) in [6, 6.07) is 9.57. The maximum Gasteiger partial charge on any atom is 0.401 e. The lowest BCUT2D eigenvalue weighted by Crippen LogP contribution is -2.43. The van der Waals surface area contributed by atoms with E-state index >= 15 is 0 Å². The van der Waals surface area contributed by atoms with E-state index in [1.807, 2.05) is 35.2 Å². The van der Waals surface area contributed by atoms with Crippen LogP contribution in [0, 0.1) is 0 Å². The molecule has 0 unspecified atom stereocenters. The van der Waals surface area contributed by atoms with Gasteiger partial charge in [-0.2, -0.15) is 13.2 Å². The van der Waals surface area contributed by atoms with Gasteiger partial charge in [-0.3, -0.25) is 19.1 Å². The number of carbonyl (C=O) groups excluding carboxylic acids is 1. The Morgan fingerprint density at radius 1 is 1.12 bits per heavy atom. The van der Waals surface area contributed by atoms with Crippen molar-refractivity contribution in [2.45, 2.75) is 51.0 Å². The second kappa shape index (κ2) is 9.10. The topological polar surface area (TPSA) is 71.3 Å². The number of thiazole rings is 1. The van der Waals surface area contributed by atoms with Gasteiger partial charge in [-0.1, -0.05) is 41.7 Å². The van der Waals surface area contributed by atoms with Crippen molar-refractivity contribution in [3.8, 4) is 0 Å². The van der Waals surface area contributed by atoms with Crippen molar-refractivity contribution in [2.75, 3.05) is 24.5 Å². The third-order valence-electron chi connectivity index (χ3n) is 6.37. The molecule has 2 aliphatic rings. The zero-order chi connectivity index (χ0) is 23.9. The van der Waals surface area contributed by atoms with E-state index in [-0.39, 0.29) is 42.5 Å². The van der Waals surface area contributed by atoms with Crippen LogP contribution in [0.4, 0.5) is 18.3 Å². The van der Waals surface area contributed by atoms with Gasteiger partial charge in [0.1, 0.15) is 5.82 Å². The van der Waals surface area contributed by atoms with E-state index in [1.165, 1.54) is 20.8 Å². The minimum absolute atomic E-state index is 0.0394. The van der Waals surface area contributed by atoms with Gasteiger partial charge >= 0.3 is 6.18 Å². The van der Waals surface area contributed by atoms with Gasteiger partial charge < -0.3 is 4.90 Å². The monoisotopic (exact) mass is 491 g/mol. The highest BCUT2D eigenvalue weighted by atomic mass is 32.1. The minimum Gasteiger partial charge on any atom is -0.338 e. The number of hydrogen-bond donors (Lipinski definition) is 0. The largest absolute Gasteiger partial charge is 0.401 e. The Bertz CT molecular complexity index is 1260. The maximum absolute atomic E-state index is 13.0.